The number of hydrogen-bond donors (Lipinski definition) is 0. The predicted molar refractivity (Wildman–Crippen MR) is 114 cm³/mol. The summed E-state index contributed by atoms with van der Waals surface area (Å²) in [4.78, 5) is 14.9. The maximum absolute atomic E-state index is 12.9. The van der Waals surface area contributed by atoms with E-state index in [1.54, 1.807) is 38.2 Å². The molecule has 1 fully saturated rings. The second-order valence-electron chi connectivity index (χ2n) is 7.27. The molecule has 0 aliphatic carbocycles. The Bertz CT molecular complexity index is 1050. The largest absolute Gasteiger partial charge is 0.311 e. The Labute approximate surface area is 180 Å². The highest BCUT2D eigenvalue weighted by molar-refractivity contribution is 7.99. The number of amides is 1. The number of allylic oxidation sites excluding steroid dienone is 1. The minimum atomic E-state index is -3.47. The van der Waals surface area contributed by atoms with E-state index < -0.39 is 10.0 Å². The third-order valence-electron chi connectivity index (χ3n) is 5.30. The number of thioether (sulfide) groups is 1. The van der Waals surface area contributed by atoms with E-state index in [-0.39, 0.29) is 11.7 Å². The Kier molecular flexibility index (Phi) is 6.21. The van der Waals surface area contributed by atoms with Crippen LogP contribution in [0.4, 0.5) is 5.69 Å². The van der Waals surface area contributed by atoms with Gasteiger partial charge in [-0.05, 0) is 59.9 Å². The van der Waals surface area contributed by atoms with Crippen molar-refractivity contribution < 1.29 is 13.2 Å². The molecular weight excluding hydrogens is 424 g/mol. The zero-order valence-corrected chi connectivity index (χ0v) is 18.2. The van der Waals surface area contributed by atoms with E-state index in [1.165, 1.54) is 11.8 Å². The number of hydrogen-bond acceptors (Lipinski definition) is 7. The Hall–Kier alpha value is -2.24. The molecule has 0 saturated carbocycles. The predicted octanol–water partition coefficient (Wildman–Crippen LogP) is 1.72. The van der Waals surface area contributed by atoms with Gasteiger partial charge in [-0.15, -0.1) is 11.7 Å². The molecule has 3 heterocycles. The van der Waals surface area contributed by atoms with Gasteiger partial charge in [0.05, 0.1) is 17.2 Å². The molecule has 1 amide bonds. The number of fused-ring (bicyclic) bond motifs is 1. The normalized spacial score (nSPS) is 17.1. The summed E-state index contributed by atoms with van der Waals surface area (Å²) in [6.45, 7) is 5.91. The summed E-state index contributed by atoms with van der Waals surface area (Å²) in [5.41, 5.74) is 1.69. The Balaban J connectivity index is 1.50. The molecule has 0 bridgehead atoms. The lowest BCUT2D eigenvalue weighted by Gasteiger charge is -2.30. The summed E-state index contributed by atoms with van der Waals surface area (Å²) in [6, 6.07) is 5.12. The van der Waals surface area contributed by atoms with Crippen molar-refractivity contribution in [2.45, 2.75) is 42.3 Å². The van der Waals surface area contributed by atoms with Gasteiger partial charge in [-0.1, -0.05) is 17.8 Å². The van der Waals surface area contributed by atoms with E-state index in [2.05, 4.69) is 22.1 Å². The first-order valence-electron chi connectivity index (χ1n) is 9.94. The molecule has 1 aromatic heterocycles. The van der Waals surface area contributed by atoms with Gasteiger partial charge in [0.15, 0.2) is 0 Å². The maximum atomic E-state index is 12.9. The highest BCUT2D eigenvalue weighted by Crippen LogP contribution is 2.32. The third kappa shape index (κ3) is 4.14. The number of benzene rings is 1. The first-order valence-corrected chi connectivity index (χ1v) is 12.4. The Morgan fingerprint density at radius 2 is 2.00 bits per heavy atom. The fraction of sp³-hybridized carbons (Fsp3) is 0.474. The van der Waals surface area contributed by atoms with Crippen molar-refractivity contribution >= 4 is 33.4 Å². The Morgan fingerprint density at radius 1 is 1.20 bits per heavy atom. The van der Waals surface area contributed by atoms with Crippen molar-refractivity contribution in [1.29, 1.82) is 0 Å². The van der Waals surface area contributed by atoms with Crippen molar-refractivity contribution in [3.8, 4) is 0 Å². The minimum Gasteiger partial charge on any atom is -0.311 e. The molecule has 0 radical (unpaired) electrons. The molecule has 9 nitrogen and oxygen atoms in total. The van der Waals surface area contributed by atoms with Crippen LogP contribution in [0.1, 0.15) is 24.8 Å². The second-order valence-corrected chi connectivity index (χ2v) is 10.2. The number of tetrazole rings is 1. The van der Waals surface area contributed by atoms with Gasteiger partial charge < -0.3 is 4.90 Å². The zero-order valence-electron chi connectivity index (χ0n) is 16.6. The van der Waals surface area contributed by atoms with Crippen LogP contribution in [0.3, 0.4) is 0 Å². The highest BCUT2D eigenvalue weighted by Gasteiger charge is 2.29. The summed E-state index contributed by atoms with van der Waals surface area (Å²) in [6.07, 6.45) is 5.05. The van der Waals surface area contributed by atoms with Crippen LogP contribution >= 0.6 is 11.8 Å². The van der Waals surface area contributed by atoms with Crippen LogP contribution < -0.4 is 4.90 Å². The number of rotatable bonds is 7. The number of nitrogens with zero attached hydrogens (tertiary/aromatic N) is 6. The molecule has 2 aliphatic heterocycles. The lowest BCUT2D eigenvalue weighted by molar-refractivity contribution is -0.116. The van der Waals surface area contributed by atoms with Crippen molar-refractivity contribution in [2.75, 3.05) is 30.3 Å². The molecule has 0 unspecified atom stereocenters. The van der Waals surface area contributed by atoms with Gasteiger partial charge in [-0.25, -0.2) is 13.1 Å². The molecule has 0 N–H and O–H groups in total. The van der Waals surface area contributed by atoms with Crippen LogP contribution in [0.5, 0.6) is 0 Å². The van der Waals surface area contributed by atoms with Gasteiger partial charge in [0, 0.05) is 25.3 Å². The molecule has 160 valence electrons. The van der Waals surface area contributed by atoms with Gasteiger partial charge in [0.1, 0.15) is 0 Å². The van der Waals surface area contributed by atoms with Crippen LogP contribution in [0, 0.1) is 0 Å². The van der Waals surface area contributed by atoms with Gasteiger partial charge in [0.25, 0.3) is 0 Å². The number of anilines is 1. The lowest BCUT2D eigenvalue weighted by Crippen LogP contribution is -2.37. The highest BCUT2D eigenvalue weighted by atomic mass is 32.2. The SMILES string of the molecule is C=CCn1nnnc1SCC(=O)N1CCCc2cc(S(=O)(=O)N3CCCC3)ccc21. The van der Waals surface area contributed by atoms with Crippen molar-refractivity contribution in [3.63, 3.8) is 0 Å². The summed E-state index contributed by atoms with van der Waals surface area (Å²) in [5.74, 6) is 0.148. The summed E-state index contributed by atoms with van der Waals surface area (Å²) in [5, 5.41) is 12.0. The van der Waals surface area contributed by atoms with E-state index in [4.69, 9.17) is 0 Å². The smallest absolute Gasteiger partial charge is 0.243 e. The summed E-state index contributed by atoms with van der Waals surface area (Å²) in [7, 11) is -3.47. The molecule has 2 aromatic rings. The molecule has 30 heavy (non-hydrogen) atoms. The topological polar surface area (TPSA) is 101 Å². The minimum absolute atomic E-state index is 0.0516. The van der Waals surface area contributed by atoms with E-state index >= 15 is 0 Å². The first-order chi connectivity index (χ1) is 14.5. The number of carbonyl (C=O) groups excluding carboxylic acids is 1. The van der Waals surface area contributed by atoms with Crippen LogP contribution in [-0.2, 0) is 27.8 Å². The van der Waals surface area contributed by atoms with Crippen molar-refractivity contribution in [3.05, 3.63) is 36.4 Å². The molecule has 0 spiro atoms. The fourth-order valence-electron chi connectivity index (χ4n) is 3.81. The number of aryl methyl sites for hydroxylation is 1. The van der Waals surface area contributed by atoms with Gasteiger partial charge in [-0.2, -0.15) is 4.31 Å². The van der Waals surface area contributed by atoms with Crippen molar-refractivity contribution in [2.24, 2.45) is 0 Å². The van der Waals surface area contributed by atoms with E-state index in [0.717, 1.165) is 36.9 Å². The van der Waals surface area contributed by atoms with Crippen LogP contribution in [0.2, 0.25) is 0 Å². The number of aromatic nitrogens is 4. The first kappa shape index (κ1) is 21.0. The van der Waals surface area contributed by atoms with Crippen molar-refractivity contribution in [1.82, 2.24) is 24.5 Å². The summed E-state index contributed by atoms with van der Waals surface area (Å²) < 4.78 is 28.9. The number of sulfonamides is 1. The van der Waals surface area contributed by atoms with Crippen LogP contribution in [0.15, 0.2) is 40.9 Å². The van der Waals surface area contributed by atoms with E-state index in [9.17, 15) is 13.2 Å². The van der Waals surface area contributed by atoms with Crippen LogP contribution in [-0.4, -0.2) is 64.2 Å². The van der Waals surface area contributed by atoms with Gasteiger partial charge >= 0.3 is 0 Å². The van der Waals surface area contributed by atoms with E-state index in [1.807, 2.05) is 0 Å². The quantitative estimate of drug-likeness (QED) is 0.469. The maximum Gasteiger partial charge on any atom is 0.243 e. The molecule has 1 aromatic carbocycles. The van der Waals surface area contributed by atoms with E-state index in [0.29, 0.717) is 36.2 Å². The molecule has 0 atom stereocenters. The lowest BCUT2D eigenvalue weighted by atomic mass is 10.0. The molecule has 2 aliphatic rings. The summed E-state index contributed by atoms with van der Waals surface area (Å²) >= 11 is 1.28. The Morgan fingerprint density at radius 3 is 2.77 bits per heavy atom. The second kappa shape index (κ2) is 8.86. The van der Waals surface area contributed by atoms with Gasteiger partial charge in [-0.3, -0.25) is 4.79 Å². The standard InChI is InChI=1S/C19H24N6O3S2/c1-2-9-25-19(20-21-22-25)29-14-18(26)24-12-5-6-15-13-16(7-8-17(15)24)30(27,28)23-10-3-4-11-23/h2,7-8,13H,1,3-6,9-12,14H2. The van der Waals surface area contributed by atoms with Crippen LogP contribution in [0.25, 0.3) is 0 Å². The molecule has 4 rings (SSSR count). The average molecular weight is 449 g/mol. The third-order valence-corrected chi connectivity index (χ3v) is 8.14. The molecule has 11 heteroatoms. The molecule has 1 saturated heterocycles. The van der Waals surface area contributed by atoms with Gasteiger partial charge in [0.2, 0.25) is 21.1 Å². The fourth-order valence-corrected chi connectivity index (χ4v) is 6.14. The average Bonchev–Trinajstić information content (AvgIpc) is 3.44. The molecular formula is C19H24N6O3S2. The monoisotopic (exact) mass is 448 g/mol. The zero-order chi connectivity index (χ0) is 21.1. The number of carbonyl (C=O) groups is 1.